The number of phenols is 1. The van der Waals surface area contributed by atoms with Gasteiger partial charge in [-0.25, -0.2) is 4.98 Å². The number of benzene rings is 1. The van der Waals surface area contributed by atoms with Gasteiger partial charge in [0.2, 0.25) is 5.13 Å². The molecule has 0 fully saturated rings. The molecule has 0 unspecified atom stereocenters. The summed E-state index contributed by atoms with van der Waals surface area (Å²) in [5.74, 6) is -0.369. The van der Waals surface area contributed by atoms with E-state index >= 15 is 0 Å². The zero-order valence-electron chi connectivity index (χ0n) is 10.8. The molecule has 0 aliphatic heterocycles. The number of hydrogen-bond donors (Lipinski definition) is 2. The Labute approximate surface area is 118 Å². The number of rotatable bonds is 4. The van der Waals surface area contributed by atoms with Crippen molar-refractivity contribution in [2.24, 2.45) is 5.10 Å². The van der Waals surface area contributed by atoms with E-state index in [9.17, 15) is 15.2 Å². The predicted octanol–water partition coefficient (Wildman–Crippen LogP) is 2.82. The maximum atomic E-state index is 10.7. The smallest absolute Gasteiger partial charge is 0.311 e. The van der Waals surface area contributed by atoms with Crippen molar-refractivity contribution < 1.29 is 10.0 Å². The minimum absolute atomic E-state index is 0.352. The summed E-state index contributed by atoms with van der Waals surface area (Å²) in [4.78, 5) is 15.4. The number of hydrogen-bond acceptors (Lipinski definition) is 7. The minimum atomic E-state index is -0.645. The van der Waals surface area contributed by atoms with Crippen LogP contribution in [-0.2, 0) is 0 Å². The highest BCUT2D eigenvalue weighted by molar-refractivity contribution is 7.15. The third-order valence-corrected chi connectivity index (χ3v) is 3.58. The van der Waals surface area contributed by atoms with Gasteiger partial charge in [-0.2, -0.15) is 5.10 Å². The van der Waals surface area contributed by atoms with Crippen molar-refractivity contribution in [1.29, 1.82) is 0 Å². The molecule has 0 bridgehead atoms. The number of nitrogens with zero attached hydrogens (tertiary/aromatic N) is 3. The van der Waals surface area contributed by atoms with Crippen LogP contribution in [0.25, 0.3) is 0 Å². The molecular formula is C12H12N4O3S. The SMILES string of the molecule is Cc1nc(N/N=C\c2ccc(O)c([N+](=O)[O-])c2)sc1C. The molecule has 0 aliphatic carbocycles. The topological polar surface area (TPSA) is 101 Å². The van der Waals surface area contributed by atoms with E-state index in [0.717, 1.165) is 10.6 Å². The second-order valence-electron chi connectivity index (χ2n) is 4.04. The van der Waals surface area contributed by atoms with Crippen LogP contribution in [0.1, 0.15) is 16.1 Å². The number of anilines is 1. The highest BCUT2D eigenvalue weighted by atomic mass is 32.1. The lowest BCUT2D eigenvalue weighted by atomic mass is 10.2. The van der Waals surface area contributed by atoms with E-state index in [1.807, 2.05) is 13.8 Å². The lowest BCUT2D eigenvalue weighted by molar-refractivity contribution is -0.385. The van der Waals surface area contributed by atoms with Crippen LogP contribution in [0.15, 0.2) is 23.3 Å². The van der Waals surface area contributed by atoms with Gasteiger partial charge in [0.25, 0.3) is 0 Å². The van der Waals surface area contributed by atoms with Crippen LogP contribution in [0, 0.1) is 24.0 Å². The molecule has 1 aromatic carbocycles. The Kier molecular flexibility index (Phi) is 3.94. The number of aromatic nitrogens is 1. The van der Waals surface area contributed by atoms with E-state index in [2.05, 4.69) is 15.5 Å². The van der Waals surface area contributed by atoms with Crippen molar-refractivity contribution >= 4 is 28.4 Å². The Bertz CT molecular complexity index is 662. The molecule has 1 heterocycles. The van der Waals surface area contributed by atoms with Crippen LogP contribution in [-0.4, -0.2) is 21.2 Å². The van der Waals surface area contributed by atoms with Crippen LogP contribution < -0.4 is 5.43 Å². The summed E-state index contributed by atoms with van der Waals surface area (Å²) in [6, 6.07) is 4.04. The number of aromatic hydroxyl groups is 1. The number of nitro groups is 1. The van der Waals surface area contributed by atoms with Gasteiger partial charge in [-0.1, -0.05) is 0 Å². The number of nitrogens with one attached hydrogen (secondary N) is 1. The summed E-state index contributed by atoms with van der Waals surface area (Å²) in [6.07, 6.45) is 1.43. The van der Waals surface area contributed by atoms with Crippen LogP contribution in [0.4, 0.5) is 10.8 Å². The fraction of sp³-hybridized carbons (Fsp3) is 0.167. The third-order valence-electron chi connectivity index (χ3n) is 2.60. The summed E-state index contributed by atoms with van der Waals surface area (Å²) < 4.78 is 0. The molecule has 0 radical (unpaired) electrons. The molecule has 8 heteroatoms. The number of thiazole rings is 1. The first kappa shape index (κ1) is 13.9. The first-order chi connectivity index (χ1) is 9.47. The maximum absolute atomic E-state index is 10.7. The molecule has 20 heavy (non-hydrogen) atoms. The molecule has 0 saturated heterocycles. The van der Waals surface area contributed by atoms with Gasteiger partial charge in [0, 0.05) is 16.5 Å². The lowest BCUT2D eigenvalue weighted by Gasteiger charge is -1.97. The zero-order valence-corrected chi connectivity index (χ0v) is 11.6. The summed E-state index contributed by atoms with van der Waals surface area (Å²) in [6.45, 7) is 3.87. The van der Waals surface area contributed by atoms with Gasteiger partial charge in [-0.05, 0) is 26.0 Å². The molecule has 1 aromatic heterocycles. The van der Waals surface area contributed by atoms with Crippen LogP contribution in [0.3, 0.4) is 0 Å². The molecule has 0 atom stereocenters. The van der Waals surface area contributed by atoms with Crippen LogP contribution in [0.5, 0.6) is 5.75 Å². The van der Waals surface area contributed by atoms with E-state index in [1.165, 1.54) is 35.8 Å². The predicted molar refractivity (Wildman–Crippen MR) is 77.6 cm³/mol. The fourth-order valence-corrected chi connectivity index (χ4v) is 2.21. The van der Waals surface area contributed by atoms with Crippen LogP contribution >= 0.6 is 11.3 Å². The van der Waals surface area contributed by atoms with E-state index in [1.54, 1.807) is 0 Å². The monoisotopic (exact) mass is 292 g/mol. The molecule has 2 N–H and O–H groups in total. The highest BCUT2D eigenvalue weighted by Gasteiger charge is 2.12. The van der Waals surface area contributed by atoms with Crippen molar-refractivity contribution in [2.45, 2.75) is 13.8 Å². The first-order valence-corrected chi connectivity index (χ1v) is 6.49. The Hall–Kier alpha value is -2.48. The molecule has 0 amide bonds. The van der Waals surface area contributed by atoms with Crippen molar-refractivity contribution in [3.63, 3.8) is 0 Å². The standard InChI is InChI=1S/C12H12N4O3S/c1-7-8(2)20-12(14-7)15-13-6-9-3-4-11(17)10(5-9)16(18)19/h3-6,17H,1-2H3,(H,14,15)/b13-6-. The van der Waals surface area contributed by atoms with Crippen molar-refractivity contribution in [3.8, 4) is 5.75 Å². The summed E-state index contributed by atoms with van der Waals surface area (Å²) in [7, 11) is 0. The second kappa shape index (κ2) is 5.66. The summed E-state index contributed by atoms with van der Waals surface area (Å²) in [5, 5.41) is 24.6. The van der Waals surface area contributed by atoms with Gasteiger partial charge in [-0.3, -0.25) is 15.5 Å². The maximum Gasteiger partial charge on any atom is 0.311 e. The number of nitro benzene ring substituents is 1. The molecule has 7 nitrogen and oxygen atoms in total. The number of phenolic OH excluding ortho intramolecular Hbond substituents is 1. The number of aryl methyl sites for hydroxylation is 2. The zero-order chi connectivity index (χ0) is 14.7. The Morgan fingerprint density at radius 3 is 2.85 bits per heavy atom. The van der Waals surface area contributed by atoms with Crippen LogP contribution in [0.2, 0.25) is 0 Å². The second-order valence-corrected chi connectivity index (χ2v) is 5.24. The molecule has 2 aromatic rings. The fourth-order valence-electron chi connectivity index (χ4n) is 1.45. The van der Waals surface area contributed by atoms with Gasteiger partial charge < -0.3 is 5.11 Å². The number of hydrazone groups is 1. The van der Waals surface area contributed by atoms with Crippen molar-refractivity contribution in [1.82, 2.24) is 4.98 Å². The molecule has 0 spiro atoms. The largest absolute Gasteiger partial charge is 0.502 e. The van der Waals surface area contributed by atoms with Gasteiger partial charge in [0.1, 0.15) is 0 Å². The van der Waals surface area contributed by atoms with E-state index in [0.29, 0.717) is 10.7 Å². The summed E-state index contributed by atoms with van der Waals surface area (Å²) >= 11 is 1.48. The van der Waals surface area contributed by atoms with Crippen molar-refractivity contribution in [3.05, 3.63) is 44.4 Å². The normalized spacial score (nSPS) is 10.9. The van der Waals surface area contributed by atoms with Gasteiger partial charge >= 0.3 is 5.69 Å². The van der Waals surface area contributed by atoms with E-state index < -0.39 is 4.92 Å². The van der Waals surface area contributed by atoms with E-state index in [-0.39, 0.29) is 11.4 Å². The van der Waals surface area contributed by atoms with Gasteiger partial charge in [0.05, 0.1) is 16.8 Å². The Morgan fingerprint density at radius 2 is 2.25 bits per heavy atom. The average molecular weight is 292 g/mol. The first-order valence-electron chi connectivity index (χ1n) is 5.68. The highest BCUT2D eigenvalue weighted by Crippen LogP contribution is 2.25. The quantitative estimate of drug-likeness (QED) is 0.512. The third kappa shape index (κ3) is 3.09. The average Bonchev–Trinajstić information content (AvgIpc) is 2.70. The van der Waals surface area contributed by atoms with Gasteiger partial charge in [0.15, 0.2) is 5.75 Å². The molecule has 0 saturated carbocycles. The minimum Gasteiger partial charge on any atom is -0.502 e. The Morgan fingerprint density at radius 1 is 1.50 bits per heavy atom. The molecule has 104 valence electrons. The van der Waals surface area contributed by atoms with E-state index in [4.69, 9.17) is 0 Å². The molecule has 0 aliphatic rings. The van der Waals surface area contributed by atoms with Crippen molar-refractivity contribution in [2.75, 3.05) is 5.43 Å². The molecule has 2 rings (SSSR count). The molecular weight excluding hydrogens is 280 g/mol. The lowest BCUT2D eigenvalue weighted by Crippen LogP contribution is -1.93. The Balaban J connectivity index is 2.11. The van der Waals surface area contributed by atoms with Gasteiger partial charge in [-0.15, -0.1) is 11.3 Å². The summed E-state index contributed by atoms with van der Waals surface area (Å²) in [5.41, 5.74) is 3.86.